The molecule has 0 amide bonds. The summed E-state index contributed by atoms with van der Waals surface area (Å²) in [6.07, 6.45) is 24.0. The van der Waals surface area contributed by atoms with Gasteiger partial charge in [0.05, 0.1) is 39.0 Å². The van der Waals surface area contributed by atoms with Crippen molar-refractivity contribution in [2.24, 2.45) is 0 Å². The molecular formula is C29H53NO6. The molecular weight excluding hydrogens is 458 g/mol. The molecule has 0 rings (SSSR count). The topological polar surface area (TPSA) is 115 Å². The van der Waals surface area contributed by atoms with Crippen LogP contribution in [-0.2, 0) is 14.4 Å². The van der Waals surface area contributed by atoms with Crippen LogP contribution >= 0.6 is 0 Å². The SMILES string of the molecule is CCCCCCCCCCCCCCC/C=C/CCC[N+](CCC(=O)[O-])(CCC(=O)O)CCC(=O)O. The van der Waals surface area contributed by atoms with Gasteiger partial charge in [0.25, 0.3) is 0 Å². The van der Waals surface area contributed by atoms with Crippen molar-refractivity contribution in [3.63, 3.8) is 0 Å². The van der Waals surface area contributed by atoms with Gasteiger partial charge in [0.15, 0.2) is 0 Å². The minimum Gasteiger partial charge on any atom is -0.550 e. The van der Waals surface area contributed by atoms with Gasteiger partial charge in [-0.15, -0.1) is 0 Å². The van der Waals surface area contributed by atoms with Crippen LogP contribution in [0.5, 0.6) is 0 Å². The molecule has 36 heavy (non-hydrogen) atoms. The molecule has 0 aromatic rings. The molecule has 0 bridgehead atoms. The molecule has 7 heteroatoms. The molecule has 0 atom stereocenters. The van der Waals surface area contributed by atoms with Crippen molar-refractivity contribution in [1.29, 1.82) is 0 Å². The molecule has 0 aliphatic heterocycles. The van der Waals surface area contributed by atoms with Crippen molar-refractivity contribution < 1.29 is 34.2 Å². The van der Waals surface area contributed by atoms with Crippen LogP contribution in [0, 0.1) is 0 Å². The molecule has 0 aromatic carbocycles. The normalized spacial score (nSPS) is 11.8. The average molecular weight is 512 g/mol. The van der Waals surface area contributed by atoms with E-state index in [1.807, 2.05) is 0 Å². The first-order chi connectivity index (χ1) is 17.3. The molecule has 0 spiro atoms. The number of aliphatic carboxylic acids is 3. The Balaban J connectivity index is 4.05. The maximum atomic E-state index is 11.1. The lowest BCUT2D eigenvalue weighted by Gasteiger charge is -2.38. The summed E-state index contributed by atoms with van der Waals surface area (Å²) in [7, 11) is 0. The van der Waals surface area contributed by atoms with Gasteiger partial charge in [-0.2, -0.15) is 0 Å². The first-order valence-corrected chi connectivity index (χ1v) is 14.4. The largest absolute Gasteiger partial charge is 0.550 e. The van der Waals surface area contributed by atoms with Gasteiger partial charge in [-0.05, 0) is 19.3 Å². The molecule has 0 aliphatic rings. The van der Waals surface area contributed by atoms with Crippen molar-refractivity contribution in [1.82, 2.24) is 0 Å². The predicted octanol–water partition coefficient (Wildman–Crippen LogP) is 5.71. The number of carbonyl (C=O) groups excluding carboxylic acids is 1. The number of hydrogen-bond acceptors (Lipinski definition) is 4. The fourth-order valence-corrected chi connectivity index (χ4v) is 4.73. The second kappa shape index (κ2) is 23.5. The van der Waals surface area contributed by atoms with Crippen molar-refractivity contribution in [2.75, 3.05) is 26.2 Å². The third-order valence-corrected chi connectivity index (χ3v) is 7.03. The zero-order chi connectivity index (χ0) is 26.9. The Labute approximate surface area is 219 Å². The Kier molecular flexibility index (Phi) is 22.3. The Hall–Kier alpha value is -1.89. The first kappa shape index (κ1) is 34.1. The van der Waals surface area contributed by atoms with Crippen LogP contribution in [0.4, 0.5) is 0 Å². The van der Waals surface area contributed by atoms with Crippen LogP contribution in [0.25, 0.3) is 0 Å². The second-order valence-corrected chi connectivity index (χ2v) is 10.3. The minimum atomic E-state index is -1.19. The number of rotatable bonds is 27. The van der Waals surface area contributed by atoms with Crippen molar-refractivity contribution in [3.8, 4) is 0 Å². The molecule has 7 nitrogen and oxygen atoms in total. The molecule has 0 heterocycles. The average Bonchev–Trinajstić information content (AvgIpc) is 2.83. The van der Waals surface area contributed by atoms with Crippen LogP contribution in [0.15, 0.2) is 12.2 Å². The Morgan fingerprint density at radius 3 is 1.39 bits per heavy atom. The number of allylic oxidation sites excluding steroid dienone is 2. The summed E-state index contributed by atoms with van der Waals surface area (Å²) in [5, 5.41) is 29.2. The minimum absolute atomic E-state index is 0.110. The Bertz CT molecular complexity index is 559. The van der Waals surface area contributed by atoms with E-state index in [0.717, 1.165) is 19.3 Å². The standard InChI is InChI=1S/C29H53NO6/c1-2-3-4-5-6-7-8-9-10-11-12-13-14-15-16-17-18-19-23-30(24-20-27(31)32,25-21-28(33)34)26-22-29(35)36/h16-17H,2-15,18-26H2,1H3,(H2-,31,32,33,34,35,36)/b17-16+. The molecule has 2 N–H and O–H groups in total. The van der Waals surface area contributed by atoms with E-state index in [9.17, 15) is 19.5 Å². The third kappa shape index (κ3) is 22.6. The fraction of sp³-hybridized carbons (Fsp3) is 0.828. The molecule has 210 valence electrons. The van der Waals surface area contributed by atoms with E-state index in [1.54, 1.807) is 0 Å². The molecule has 0 fully saturated rings. The van der Waals surface area contributed by atoms with Crippen LogP contribution in [0.1, 0.15) is 129 Å². The quantitative estimate of drug-likeness (QED) is 0.0829. The number of hydrogen-bond donors (Lipinski definition) is 2. The molecule has 0 aromatic heterocycles. The van der Waals surface area contributed by atoms with Gasteiger partial charge in [-0.1, -0.05) is 96.1 Å². The number of carboxylic acid groups (broad SMARTS) is 3. The van der Waals surface area contributed by atoms with Gasteiger partial charge in [-0.25, -0.2) is 0 Å². The molecule has 0 saturated heterocycles. The highest BCUT2D eigenvalue weighted by Gasteiger charge is 2.28. The van der Waals surface area contributed by atoms with Crippen LogP contribution in [-0.4, -0.2) is 58.8 Å². The van der Waals surface area contributed by atoms with Gasteiger partial charge in [-0.3, -0.25) is 9.59 Å². The summed E-state index contributed by atoms with van der Waals surface area (Å²) in [5.74, 6) is -3.11. The number of carboxylic acids is 3. The molecule has 0 saturated carbocycles. The summed E-state index contributed by atoms with van der Waals surface area (Å²) >= 11 is 0. The fourth-order valence-electron chi connectivity index (χ4n) is 4.73. The third-order valence-electron chi connectivity index (χ3n) is 7.03. The lowest BCUT2D eigenvalue weighted by Crippen LogP contribution is -2.52. The van der Waals surface area contributed by atoms with Crippen LogP contribution in [0.2, 0.25) is 0 Å². The number of quaternary nitrogens is 1. The van der Waals surface area contributed by atoms with E-state index in [1.165, 1.54) is 83.5 Å². The van der Waals surface area contributed by atoms with E-state index in [0.29, 0.717) is 6.54 Å². The Morgan fingerprint density at radius 2 is 0.972 bits per heavy atom. The van der Waals surface area contributed by atoms with E-state index >= 15 is 0 Å². The number of nitrogens with zero attached hydrogens (tertiary/aromatic N) is 1. The van der Waals surface area contributed by atoms with Gasteiger partial charge in [0.1, 0.15) is 0 Å². The van der Waals surface area contributed by atoms with Crippen molar-refractivity contribution in [3.05, 3.63) is 12.2 Å². The van der Waals surface area contributed by atoms with E-state index in [2.05, 4.69) is 19.1 Å². The van der Waals surface area contributed by atoms with E-state index < -0.39 is 17.9 Å². The summed E-state index contributed by atoms with van der Waals surface area (Å²) in [6.45, 7) is 3.49. The molecule has 0 radical (unpaired) electrons. The highest BCUT2D eigenvalue weighted by Crippen LogP contribution is 2.16. The van der Waals surface area contributed by atoms with Gasteiger partial charge >= 0.3 is 11.9 Å². The summed E-state index contributed by atoms with van der Waals surface area (Å²) in [4.78, 5) is 33.2. The van der Waals surface area contributed by atoms with E-state index in [4.69, 9.17) is 10.2 Å². The zero-order valence-corrected chi connectivity index (χ0v) is 22.9. The summed E-state index contributed by atoms with van der Waals surface area (Å²) < 4.78 is 0.194. The molecule has 0 aliphatic carbocycles. The van der Waals surface area contributed by atoms with Crippen molar-refractivity contribution in [2.45, 2.75) is 129 Å². The highest BCUT2D eigenvalue weighted by molar-refractivity contribution is 5.67. The van der Waals surface area contributed by atoms with Crippen LogP contribution in [0.3, 0.4) is 0 Å². The van der Waals surface area contributed by atoms with Gasteiger partial charge in [0, 0.05) is 18.8 Å². The lowest BCUT2D eigenvalue weighted by atomic mass is 10.0. The van der Waals surface area contributed by atoms with E-state index in [-0.39, 0.29) is 43.4 Å². The summed E-state index contributed by atoms with van der Waals surface area (Å²) in [5.41, 5.74) is 0. The summed E-state index contributed by atoms with van der Waals surface area (Å²) in [6, 6.07) is 0. The zero-order valence-electron chi connectivity index (χ0n) is 22.9. The second-order valence-electron chi connectivity index (χ2n) is 10.3. The van der Waals surface area contributed by atoms with Gasteiger partial charge < -0.3 is 24.6 Å². The van der Waals surface area contributed by atoms with Crippen LogP contribution < -0.4 is 5.11 Å². The monoisotopic (exact) mass is 511 g/mol. The maximum absolute atomic E-state index is 11.1. The number of unbranched alkanes of at least 4 members (excludes halogenated alkanes) is 14. The molecule has 0 unspecified atom stereocenters. The predicted molar refractivity (Wildman–Crippen MR) is 143 cm³/mol. The van der Waals surface area contributed by atoms with Crippen molar-refractivity contribution >= 4 is 17.9 Å². The Morgan fingerprint density at radius 1 is 0.583 bits per heavy atom. The smallest absolute Gasteiger partial charge is 0.309 e. The first-order valence-electron chi connectivity index (χ1n) is 14.4. The number of carbonyl (C=O) groups is 3. The van der Waals surface area contributed by atoms with Gasteiger partial charge in [0.2, 0.25) is 0 Å². The lowest BCUT2D eigenvalue weighted by molar-refractivity contribution is -0.927. The maximum Gasteiger partial charge on any atom is 0.309 e. The highest BCUT2D eigenvalue weighted by atomic mass is 16.4.